The third-order valence-electron chi connectivity index (χ3n) is 3.48. The number of hydrogen-bond acceptors (Lipinski definition) is 3. The lowest BCUT2D eigenvalue weighted by Crippen LogP contribution is -2.30. The quantitative estimate of drug-likeness (QED) is 0.417. The van der Waals surface area contributed by atoms with Gasteiger partial charge in [0.05, 0.1) is 13.7 Å². The van der Waals surface area contributed by atoms with Gasteiger partial charge in [-0.25, -0.2) is 0 Å². The Morgan fingerprint density at radius 2 is 2.24 bits per heavy atom. The number of anilines is 1. The average molecular weight is 404 g/mol. The van der Waals surface area contributed by atoms with E-state index in [1.807, 2.05) is 24.3 Å². The Balaban J connectivity index is 0.00000220. The van der Waals surface area contributed by atoms with Crippen LogP contribution >= 0.6 is 24.0 Å². The first kappa shape index (κ1) is 18.0. The van der Waals surface area contributed by atoms with Crippen molar-refractivity contribution < 1.29 is 4.74 Å². The number of aliphatic imine (C=N–C) groups is 1. The van der Waals surface area contributed by atoms with Gasteiger partial charge in [0.1, 0.15) is 5.75 Å². The van der Waals surface area contributed by atoms with E-state index >= 15 is 0 Å². The summed E-state index contributed by atoms with van der Waals surface area (Å²) in [6, 6.07) is 8.43. The standard InChI is InChI=1S/C15H24N4O.HI/c1-3-19(13-7-8-13)10-9-17-15(16)18-12-5-4-6-14(11-12)20-2;/h4-6,11,13H,3,7-10H2,1-2H3,(H3,16,17,18);1H. The third-order valence-corrected chi connectivity index (χ3v) is 3.48. The van der Waals surface area contributed by atoms with Crippen LogP contribution in [0.1, 0.15) is 19.8 Å². The van der Waals surface area contributed by atoms with E-state index in [2.05, 4.69) is 22.1 Å². The largest absolute Gasteiger partial charge is 0.497 e. The predicted octanol–water partition coefficient (Wildman–Crippen LogP) is 2.52. The van der Waals surface area contributed by atoms with Gasteiger partial charge in [-0.1, -0.05) is 13.0 Å². The van der Waals surface area contributed by atoms with E-state index in [0.717, 1.165) is 37.1 Å². The summed E-state index contributed by atoms with van der Waals surface area (Å²) in [4.78, 5) is 6.83. The van der Waals surface area contributed by atoms with Crippen LogP contribution in [0.4, 0.5) is 5.69 Å². The lowest BCUT2D eigenvalue weighted by Gasteiger charge is -2.18. The minimum Gasteiger partial charge on any atom is -0.497 e. The van der Waals surface area contributed by atoms with Crippen LogP contribution in [0.2, 0.25) is 0 Å². The number of nitrogens with two attached hydrogens (primary N) is 1. The maximum atomic E-state index is 5.90. The molecule has 21 heavy (non-hydrogen) atoms. The zero-order valence-corrected chi connectivity index (χ0v) is 15.0. The summed E-state index contributed by atoms with van der Waals surface area (Å²) in [6.45, 7) is 4.98. The lowest BCUT2D eigenvalue weighted by atomic mass is 10.3. The van der Waals surface area contributed by atoms with Gasteiger partial charge in [0.2, 0.25) is 0 Å². The molecule has 0 bridgehead atoms. The molecule has 118 valence electrons. The summed E-state index contributed by atoms with van der Waals surface area (Å²) in [6.07, 6.45) is 2.66. The van der Waals surface area contributed by atoms with E-state index in [9.17, 15) is 0 Å². The molecule has 5 nitrogen and oxygen atoms in total. The fourth-order valence-corrected chi connectivity index (χ4v) is 2.23. The number of benzene rings is 1. The van der Waals surface area contributed by atoms with Crippen LogP contribution in [-0.4, -0.2) is 43.6 Å². The fourth-order valence-electron chi connectivity index (χ4n) is 2.23. The molecule has 3 N–H and O–H groups in total. The highest BCUT2D eigenvalue weighted by Crippen LogP contribution is 2.25. The van der Waals surface area contributed by atoms with Gasteiger partial charge in [-0.2, -0.15) is 0 Å². The molecule has 0 heterocycles. The Hall–Kier alpha value is -1.02. The molecule has 1 aromatic carbocycles. The number of likely N-dealkylation sites (N-methyl/N-ethyl adjacent to an activating group) is 1. The Morgan fingerprint density at radius 1 is 1.48 bits per heavy atom. The van der Waals surface area contributed by atoms with Crippen molar-refractivity contribution >= 4 is 35.6 Å². The van der Waals surface area contributed by atoms with Crippen molar-refractivity contribution in [3.8, 4) is 5.75 Å². The molecule has 0 aromatic heterocycles. The minimum absolute atomic E-state index is 0. The van der Waals surface area contributed by atoms with E-state index in [1.165, 1.54) is 12.8 Å². The summed E-state index contributed by atoms with van der Waals surface area (Å²) in [5.74, 6) is 1.25. The van der Waals surface area contributed by atoms with E-state index in [-0.39, 0.29) is 24.0 Å². The van der Waals surface area contributed by atoms with Crippen LogP contribution in [-0.2, 0) is 0 Å². The Kier molecular flexibility index (Phi) is 7.81. The molecule has 1 fully saturated rings. The topological polar surface area (TPSA) is 62.9 Å². The van der Waals surface area contributed by atoms with Gasteiger partial charge in [-0.3, -0.25) is 9.89 Å². The maximum absolute atomic E-state index is 5.90. The number of nitrogens with one attached hydrogen (secondary N) is 1. The van der Waals surface area contributed by atoms with E-state index in [4.69, 9.17) is 10.5 Å². The highest BCUT2D eigenvalue weighted by atomic mass is 127. The second-order valence-corrected chi connectivity index (χ2v) is 4.98. The number of methoxy groups -OCH3 is 1. The second kappa shape index (κ2) is 9.09. The van der Waals surface area contributed by atoms with Crippen molar-refractivity contribution in [2.75, 3.05) is 32.1 Å². The van der Waals surface area contributed by atoms with Gasteiger partial charge in [-0.05, 0) is 31.5 Å². The summed E-state index contributed by atoms with van der Waals surface area (Å²) >= 11 is 0. The molecule has 0 amide bonds. The SMILES string of the molecule is CCN(CCN=C(N)Nc1cccc(OC)c1)C1CC1.I. The summed E-state index contributed by atoms with van der Waals surface area (Å²) < 4.78 is 5.17. The highest BCUT2D eigenvalue weighted by molar-refractivity contribution is 14.0. The lowest BCUT2D eigenvalue weighted by molar-refractivity contribution is 0.286. The molecule has 1 aromatic rings. The van der Waals surface area contributed by atoms with E-state index in [0.29, 0.717) is 5.96 Å². The van der Waals surface area contributed by atoms with Crippen molar-refractivity contribution in [2.45, 2.75) is 25.8 Å². The van der Waals surface area contributed by atoms with Gasteiger partial charge in [-0.15, -0.1) is 24.0 Å². The van der Waals surface area contributed by atoms with Crippen molar-refractivity contribution in [1.29, 1.82) is 0 Å². The van der Waals surface area contributed by atoms with Crippen LogP contribution in [0.25, 0.3) is 0 Å². The average Bonchev–Trinajstić information content (AvgIpc) is 3.28. The zero-order chi connectivity index (χ0) is 14.4. The molecule has 0 saturated heterocycles. The van der Waals surface area contributed by atoms with Crippen LogP contribution in [0.3, 0.4) is 0 Å². The van der Waals surface area contributed by atoms with Gasteiger partial charge >= 0.3 is 0 Å². The van der Waals surface area contributed by atoms with Gasteiger partial charge < -0.3 is 15.8 Å². The molecule has 0 unspecified atom stereocenters. The van der Waals surface area contributed by atoms with Crippen molar-refractivity contribution in [1.82, 2.24) is 4.90 Å². The molecule has 0 radical (unpaired) electrons. The predicted molar refractivity (Wildman–Crippen MR) is 98.8 cm³/mol. The Labute approximate surface area is 144 Å². The molecule has 0 atom stereocenters. The molecule has 1 aliphatic rings. The molecular weight excluding hydrogens is 379 g/mol. The monoisotopic (exact) mass is 404 g/mol. The molecule has 1 aliphatic carbocycles. The van der Waals surface area contributed by atoms with Crippen LogP contribution in [0.5, 0.6) is 5.75 Å². The molecule has 6 heteroatoms. The summed E-state index contributed by atoms with van der Waals surface area (Å²) in [5, 5.41) is 3.08. The third kappa shape index (κ3) is 6.09. The minimum atomic E-state index is 0. The van der Waals surface area contributed by atoms with Crippen molar-refractivity contribution in [3.63, 3.8) is 0 Å². The zero-order valence-electron chi connectivity index (χ0n) is 12.7. The van der Waals surface area contributed by atoms with Gasteiger partial charge in [0.25, 0.3) is 0 Å². The number of ether oxygens (including phenoxy) is 1. The molecular formula is C15H25IN4O. The van der Waals surface area contributed by atoms with E-state index < -0.39 is 0 Å². The van der Waals surface area contributed by atoms with Crippen LogP contribution in [0, 0.1) is 0 Å². The van der Waals surface area contributed by atoms with E-state index in [1.54, 1.807) is 7.11 Å². The number of hydrogen-bond donors (Lipinski definition) is 2. The van der Waals surface area contributed by atoms with Gasteiger partial charge in [0, 0.05) is 24.3 Å². The van der Waals surface area contributed by atoms with Crippen molar-refractivity contribution in [3.05, 3.63) is 24.3 Å². The van der Waals surface area contributed by atoms with Crippen LogP contribution in [0.15, 0.2) is 29.3 Å². The maximum Gasteiger partial charge on any atom is 0.193 e. The van der Waals surface area contributed by atoms with Crippen molar-refractivity contribution in [2.24, 2.45) is 10.7 Å². The highest BCUT2D eigenvalue weighted by Gasteiger charge is 2.26. The first-order valence-electron chi connectivity index (χ1n) is 7.18. The molecule has 0 spiro atoms. The Bertz CT molecular complexity index is 463. The summed E-state index contributed by atoms with van der Waals surface area (Å²) in [7, 11) is 1.65. The first-order valence-corrected chi connectivity index (χ1v) is 7.18. The summed E-state index contributed by atoms with van der Waals surface area (Å²) in [5.41, 5.74) is 6.79. The molecule has 0 aliphatic heterocycles. The first-order chi connectivity index (χ1) is 9.72. The number of nitrogens with zero attached hydrogens (tertiary/aromatic N) is 2. The fraction of sp³-hybridized carbons (Fsp3) is 0.533. The Morgan fingerprint density at radius 3 is 2.86 bits per heavy atom. The number of rotatable bonds is 7. The number of guanidine groups is 1. The molecule has 1 saturated carbocycles. The van der Waals surface area contributed by atoms with Gasteiger partial charge in [0.15, 0.2) is 5.96 Å². The molecule has 2 rings (SSSR count). The smallest absolute Gasteiger partial charge is 0.193 e. The van der Waals surface area contributed by atoms with Crippen LogP contribution < -0.4 is 15.8 Å². The normalized spacial score (nSPS) is 14.7. The number of halogens is 1. The second-order valence-electron chi connectivity index (χ2n) is 4.98.